The van der Waals surface area contributed by atoms with Crippen molar-refractivity contribution in [1.82, 2.24) is 9.80 Å². The minimum absolute atomic E-state index is 0.250. The average molecular weight is 331 g/mol. The third kappa shape index (κ3) is 2.95. The molecule has 3 heterocycles. The lowest BCUT2D eigenvalue weighted by Gasteiger charge is -2.47. The summed E-state index contributed by atoms with van der Waals surface area (Å²) in [6, 6.07) is 6.14. The molecule has 0 aliphatic carbocycles. The topological polar surface area (TPSA) is 52.7 Å². The maximum atomic E-state index is 12.8. The predicted octanol–water partition coefficient (Wildman–Crippen LogP) is 1.09. The zero-order valence-corrected chi connectivity index (χ0v) is 12.9. The Morgan fingerprint density at radius 1 is 1.18 bits per heavy atom. The second-order valence-corrected chi connectivity index (χ2v) is 7.56. The van der Waals surface area contributed by atoms with E-state index >= 15 is 0 Å². The van der Waals surface area contributed by atoms with E-state index < -0.39 is 15.6 Å². The molecule has 8 heteroatoms. The molecule has 1 atom stereocenters. The molecule has 0 amide bonds. The quantitative estimate of drug-likeness (QED) is 0.875. The van der Waals surface area contributed by atoms with Gasteiger partial charge in [0.1, 0.15) is 0 Å². The van der Waals surface area contributed by atoms with Crippen LogP contribution in [0.2, 0.25) is 0 Å². The lowest BCUT2D eigenvalue weighted by molar-refractivity contribution is 0.0189. The molecule has 3 fully saturated rings. The highest BCUT2D eigenvalue weighted by Gasteiger charge is 2.32. The van der Waals surface area contributed by atoms with Gasteiger partial charge >= 0.3 is 5.76 Å². The summed E-state index contributed by atoms with van der Waals surface area (Å²) in [6.45, 7) is 5.61. The number of hydrogen-bond donors (Lipinski definition) is 1. The van der Waals surface area contributed by atoms with Crippen LogP contribution in [-0.2, 0) is 9.84 Å². The summed E-state index contributed by atoms with van der Waals surface area (Å²) in [5, 5.41) is 3.05. The molecule has 1 aromatic carbocycles. The number of benzene rings is 1. The van der Waals surface area contributed by atoms with Crippen molar-refractivity contribution in [2.45, 2.75) is 16.7 Å². The number of sulfone groups is 1. The van der Waals surface area contributed by atoms with E-state index in [1.54, 1.807) is 6.07 Å². The first kappa shape index (κ1) is 15.6. The fourth-order valence-electron chi connectivity index (χ4n) is 3.10. The third-order valence-electron chi connectivity index (χ3n) is 4.35. The highest BCUT2D eigenvalue weighted by molar-refractivity contribution is 7.91. The molecule has 3 aliphatic rings. The van der Waals surface area contributed by atoms with Crippen molar-refractivity contribution in [3.8, 4) is 0 Å². The van der Waals surface area contributed by atoms with E-state index in [0.717, 1.165) is 32.7 Å². The number of halogens is 2. The molecule has 0 radical (unpaired) electrons. The minimum atomic E-state index is -4.59. The van der Waals surface area contributed by atoms with Crippen LogP contribution in [0.3, 0.4) is 0 Å². The standard InChI is InChI=1S/C14H19F2N3O2S/c15-14(16)22(20,21)13-4-2-1-3-12(13)17-9-11-10-18-5-7-19(11)8-6-18/h1-4,11,14,17H,5-10H2. The van der Waals surface area contributed by atoms with Crippen LogP contribution in [0.4, 0.5) is 14.5 Å². The summed E-state index contributed by atoms with van der Waals surface area (Å²) in [5.74, 6) is -3.41. The van der Waals surface area contributed by atoms with Gasteiger partial charge < -0.3 is 5.32 Å². The van der Waals surface area contributed by atoms with Crippen LogP contribution in [0.1, 0.15) is 0 Å². The Bertz CT molecular complexity index is 631. The fourth-order valence-corrected chi connectivity index (χ4v) is 4.01. The van der Waals surface area contributed by atoms with E-state index in [9.17, 15) is 17.2 Å². The maximum absolute atomic E-state index is 12.8. The molecule has 3 saturated heterocycles. The Labute approximate surface area is 128 Å². The molecular weight excluding hydrogens is 312 g/mol. The Balaban J connectivity index is 1.73. The zero-order chi connectivity index (χ0) is 15.7. The molecule has 2 bridgehead atoms. The predicted molar refractivity (Wildman–Crippen MR) is 79.9 cm³/mol. The van der Waals surface area contributed by atoms with Crippen molar-refractivity contribution in [3.63, 3.8) is 0 Å². The third-order valence-corrected chi connectivity index (χ3v) is 5.79. The number of nitrogens with zero attached hydrogens (tertiary/aromatic N) is 2. The van der Waals surface area contributed by atoms with Gasteiger partial charge in [-0.25, -0.2) is 8.42 Å². The number of alkyl halides is 2. The second kappa shape index (κ2) is 6.10. The van der Waals surface area contributed by atoms with Gasteiger partial charge in [-0.1, -0.05) is 12.1 Å². The van der Waals surface area contributed by atoms with E-state index in [2.05, 4.69) is 15.1 Å². The van der Waals surface area contributed by atoms with Gasteiger partial charge in [-0.3, -0.25) is 9.80 Å². The summed E-state index contributed by atoms with van der Waals surface area (Å²) in [4.78, 5) is 4.40. The van der Waals surface area contributed by atoms with Crippen LogP contribution >= 0.6 is 0 Å². The first-order valence-electron chi connectivity index (χ1n) is 7.30. The zero-order valence-electron chi connectivity index (χ0n) is 12.1. The number of piperazine rings is 3. The van der Waals surface area contributed by atoms with Crippen LogP contribution in [-0.4, -0.2) is 69.3 Å². The SMILES string of the molecule is O=S(=O)(c1ccccc1NCC1CN2CCN1CC2)C(F)F. The molecule has 0 spiro atoms. The number of anilines is 1. The molecule has 0 aromatic heterocycles. The van der Waals surface area contributed by atoms with Crippen molar-refractivity contribution in [2.75, 3.05) is 44.6 Å². The fraction of sp³-hybridized carbons (Fsp3) is 0.571. The molecule has 1 unspecified atom stereocenters. The van der Waals surface area contributed by atoms with Gasteiger partial charge in [0.2, 0.25) is 9.84 Å². The molecule has 5 nitrogen and oxygen atoms in total. The number of fused-ring (bicyclic) bond motifs is 3. The minimum Gasteiger partial charge on any atom is -0.382 e. The van der Waals surface area contributed by atoms with Gasteiger partial charge in [0.25, 0.3) is 0 Å². The van der Waals surface area contributed by atoms with Crippen LogP contribution in [0.5, 0.6) is 0 Å². The van der Waals surface area contributed by atoms with Gasteiger partial charge in [0.15, 0.2) is 0 Å². The summed E-state index contributed by atoms with van der Waals surface area (Å²) in [6.07, 6.45) is 0. The number of para-hydroxylation sites is 1. The molecule has 3 aliphatic heterocycles. The Morgan fingerprint density at radius 2 is 1.86 bits per heavy atom. The Morgan fingerprint density at radius 3 is 2.45 bits per heavy atom. The van der Waals surface area contributed by atoms with Crippen LogP contribution in [0.25, 0.3) is 0 Å². The average Bonchev–Trinajstić information content (AvgIpc) is 2.54. The van der Waals surface area contributed by atoms with Crippen molar-refractivity contribution in [3.05, 3.63) is 24.3 Å². The van der Waals surface area contributed by atoms with E-state index in [1.807, 2.05) is 0 Å². The van der Waals surface area contributed by atoms with Gasteiger partial charge in [0.05, 0.1) is 10.6 Å². The molecule has 22 heavy (non-hydrogen) atoms. The van der Waals surface area contributed by atoms with Crippen LogP contribution < -0.4 is 5.32 Å². The molecule has 1 N–H and O–H groups in total. The van der Waals surface area contributed by atoms with Crippen molar-refractivity contribution in [1.29, 1.82) is 0 Å². The van der Waals surface area contributed by atoms with Crippen molar-refractivity contribution < 1.29 is 17.2 Å². The Hall–Kier alpha value is -1.25. The summed E-state index contributed by atoms with van der Waals surface area (Å²) >= 11 is 0. The normalized spacial score (nSPS) is 28.0. The van der Waals surface area contributed by atoms with Gasteiger partial charge in [0, 0.05) is 45.3 Å². The summed E-state index contributed by atoms with van der Waals surface area (Å²) < 4.78 is 49.0. The lowest BCUT2D eigenvalue weighted by atomic mass is 10.1. The van der Waals surface area contributed by atoms with E-state index in [4.69, 9.17) is 0 Å². The number of hydrogen-bond acceptors (Lipinski definition) is 5. The molecule has 0 saturated carbocycles. The maximum Gasteiger partial charge on any atom is 0.341 e. The summed E-state index contributed by atoms with van der Waals surface area (Å²) in [5.41, 5.74) is 0.250. The molecule has 4 rings (SSSR count). The van der Waals surface area contributed by atoms with Crippen molar-refractivity contribution >= 4 is 15.5 Å². The highest BCUT2D eigenvalue weighted by atomic mass is 32.2. The van der Waals surface area contributed by atoms with Gasteiger partial charge in [-0.15, -0.1) is 0 Å². The van der Waals surface area contributed by atoms with Gasteiger partial charge in [-0.2, -0.15) is 8.78 Å². The first-order valence-corrected chi connectivity index (χ1v) is 8.84. The van der Waals surface area contributed by atoms with Gasteiger partial charge in [-0.05, 0) is 12.1 Å². The van der Waals surface area contributed by atoms with E-state index in [0.29, 0.717) is 6.54 Å². The Kier molecular flexibility index (Phi) is 4.33. The van der Waals surface area contributed by atoms with Crippen molar-refractivity contribution in [2.24, 2.45) is 0 Å². The van der Waals surface area contributed by atoms with E-state index in [-0.39, 0.29) is 16.6 Å². The first-order chi connectivity index (χ1) is 10.5. The molecule has 122 valence electrons. The van der Waals surface area contributed by atoms with Crippen LogP contribution in [0.15, 0.2) is 29.2 Å². The van der Waals surface area contributed by atoms with E-state index in [1.165, 1.54) is 18.2 Å². The lowest BCUT2D eigenvalue weighted by Crippen LogP contribution is -2.62. The number of nitrogens with one attached hydrogen (secondary N) is 1. The van der Waals surface area contributed by atoms with Crippen LogP contribution in [0, 0.1) is 0 Å². The highest BCUT2D eigenvalue weighted by Crippen LogP contribution is 2.26. The molecular formula is C14H19F2N3O2S. The smallest absolute Gasteiger partial charge is 0.341 e. The largest absolute Gasteiger partial charge is 0.382 e. The summed E-state index contributed by atoms with van der Waals surface area (Å²) in [7, 11) is -4.59. The second-order valence-electron chi connectivity index (χ2n) is 5.67. The molecule has 1 aromatic rings. The monoisotopic (exact) mass is 331 g/mol. The number of rotatable bonds is 5.